The SMILES string of the molecule is O=S(=O)(c1ccc(N2CCC(c3nc4cc(Cl)ccc4s3)CC2)nc1)N1CCCC1. The highest BCUT2D eigenvalue weighted by atomic mass is 35.5. The van der Waals surface area contributed by atoms with E-state index < -0.39 is 10.0 Å². The lowest BCUT2D eigenvalue weighted by atomic mass is 9.97. The molecule has 0 atom stereocenters. The monoisotopic (exact) mass is 462 g/mol. The Bertz CT molecular complexity index is 1150. The molecule has 0 spiro atoms. The molecule has 6 nitrogen and oxygen atoms in total. The van der Waals surface area contributed by atoms with Crippen LogP contribution in [0.1, 0.15) is 36.6 Å². The molecule has 0 bridgehead atoms. The van der Waals surface area contributed by atoms with Gasteiger partial charge in [-0.1, -0.05) is 11.6 Å². The molecule has 2 aliphatic rings. The van der Waals surface area contributed by atoms with Crippen molar-refractivity contribution in [2.24, 2.45) is 0 Å². The van der Waals surface area contributed by atoms with Gasteiger partial charge in [0.05, 0.1) is 15.2 Å². The highest BCUT2D eigenvalue weighted by Crippen LogP contribution is 2.35. The van der Waals surface area contributed by atoms with Gasteiger partial charge in [0, 0.05) is 43.3 Å². The van der Waals surface area contributed by atoms with Crippen molar-refractivity contribution in [2.45, 2.75) is 36.5 Å². The van der Waals surface area contributed by atoms with Gasteiger partial charge in [0.25, 0.3) is 0 Å². The van der Waals surface area contributed by atoms with E-state index in [1.165, 1.54) is 15.9 Å². The number of hydrogen-bond acceptors (Lipinski definition) is 6. The van der Waals surface area contributed by atoms with Crippen molar-refractivity contribution in [3.63, 3.8) is 0 Å². The number of anilines is 1. The Morgan fingerprint density at radius 2 is 1.80 bits per heavy atom. The van der Waals surface area contributed by atoms with Crippen LogP contribution < -0.4 is 4.90 Å². The number of benzene rings is 1. The standard InChI is InChI=1S/C21H23ClN4O2S2/c22-16-3-5-19-18(13-16)24-21(29-19)15-7-11-25(12-8-15)20-6-4-17(14-23-20)30(27,28)26-9-1-2-10-26/h3-6,13-15H,1-2,7-12H2. The topological polar surface area (TPSA) is 66.4 Å². The number of sulfonamides is 1. The zero-order valence-electron chi connectivity index (χ0n) is 16.5. The van der Waals surface area contributed by atoms with E-state index in [2.05, 4.69) is 9.88 Å². The summed E-state index contributed by atoms with van der Waals surface area (Å²) in [6.45, 7) is 2.98. The molecule has 9 heteroatoms. The molecule has 2 aliphatic heterocycles. The molecule has 1 aromatic carbocycles. The molecular weight excluding hydrogens is 440 g/mol. The van der Waals surface area contributed by atoms with E-state index in [4.69, 9.17) is 16.6 Å². The zero-order valence-corrected chi connectivity index (χ0v) is 18.9. The summed E-state index contributed by atoms with van der Waals surface area (Å²) in [6, 6.07) is 9.40. The fraction of sp³-hybridized carbons (Fsp3) is 0.429. The fourth-order valence-corrected chi connectivity index (χ4v) is 6.98. The largest absolute Gasteiger partial charge is 0.357 e. The minimum Gasteiger partial charge on any atom is -0.357 e. The summed E-state index contributed by atoms with van der Waals surface area (Å²) >= 11 is 7.84. The van der Waals surface area contributed by atoms with Crippen LogP contribution in [0.3, 0.4) is 0 Å². The van der Waals surface area contributed by atoms with Gasteiger partial charge in [-0.2, -0.15) is 4.31 Å². The van der Waals surface area contributed by atoms with E-state index in [0.717, 1.165) is 55.1 Å². The summed E-state index contributed by atoms with van der Waals surface area (Å²) in [7, 11) is -3.41. The lowest BCUT2D eigenvalue weighted by molar-refractivity contribution is 0.477. The first-order chi connectivity index (χ1) is 14.5. The molecule has 2 fully saturated rings. The van der Waals surface area contributed by atoms with Crippen molar-refractivity contribution in [1.29, 1.82) is 0 Å². The third-order valence-electron chi connectivity index (χ3n) is 5.96. The number of pyridine rings is 1. The van der Waals surface area contributed by atoms with Gasteiger partial charge in [0.15, 0.2) is 0 Å². The molecule has 2 saturated heterocycles. The Labute approximate surface area is 185 Å². The first-order valence-electron chi connectivity index (χ1n) is 10.3. The minimum absolute atomic E-state index is 0.288. The summed E-state index contributed by atoms with van der Waals surface area (Å²) in [4.78, 5) is 11.8. The van der Waals surface area contributed by atoms with Gasteiger partial charge < -0.3 is 4.90 Å². The van der Waals surface area contributed by atoms with E-state index in [1.54, 1.807) is 21.7 Å². The molecule has 0 aliphatic carbocycles. The van der Waals surface area contributed by atoms with Gasteiger partial charge in [-0.3, -0.25) is 0 Å². The average molecular weight is 463 g/mol. The van der Waals surface area contributed by atoms with Crippen LogP contribution in [0.2, 0.25) is 5.02 Å². The van der Waals surface area contributed by atoms with E-state index >= 15 is 0 Å². The average Bonchev–Trinajstić information content (AvgIpc) is 3.44. The van der Waals surface area contributed by atoms with E-state index in [1.807, 2.05) is 24.3 Å². The first kappa shape index (κ1) is 20.2. The van der Waals surface area contributed by atoms with Crippen molar-refractivity contribution in [3.05, 3.63) is 46.6 Å². The minimum atomic E-state index is -3.41. The summed E-state index contributed by atoms with van der Waals surface area (Å²) in [5.74, 6) is 1.28. The second-order valence-corrected chi connectivity index (χ2v) is 11.3. The molecule has 0 unspecified atom stereocenters. The van der Waals surface area contributed by atoms with Crippen LogP contribution in [0.25, 0.3) is 10.2 Å². The number of fused-ring (bicyclic) bond motifs is 1. The summed E-state index contributed by atoms with van der Waals surface area (Å²) in [5.41, 5.74) is 0.974. The predicted octanol–water partition coefficient (Wildman–Crippen LogP) is 4.51. The van der Waals surface area contributed by atoms with Gasteiger partial charge in [-0.05, 0) is 56.0 Å². The molecule has 0 N–H and O–H groups in total. The second-order valence-electron chi connectivity index (χ2n) is 7.89. The summed E-state index contributed by atoms with van der Waals surface area (Å²) in [6.07, 6.45) is 5.38. The second kappa shape index (κ2) is 8.07. The molecule has 0 amide bonds. The number of halogens is 1. The number of hydrogen-bond donors (Lipinski definition) is 0. The summed E-state index contributed by atoms with van der Waals surface area (Å²) in [5, 5.41) is 1.89. The Kier molecular flexibility index (Phi) is 5.43. The van der Waals surface area contributed by atoms with Gasteiger partial charge in [-0.25, -0.2) is 18.4 Å². The van der Waals surface area contributed by atoms with E-state index in [9.17, 15) is 8.42 Å². The Morgan fingerprint density at radius 3 is 2.50 bits per heavy atom. The van der Waals surface area contributed by atoms with Crippen molar-refractivity contribution in [2.75, 3.05) is 31.1 Å². The van der Waals surface area contributed by atoms with Crippen LogP contribution in [-0.2, 0) is 10.0 Å². The van der Waals surface area contributed by atoms with Gasteiger partial charge in [0.1, 0.15) is 10.7 Å². The van der Waals surface area contributed by atoms with E-state index in [0.29, 0.717) is 19.0 Å². The number of piperidine rings is 1. The normalized spacial score (nSPS) is 19.0. The predicted molar refractivity (Wildman–Crippen MR) is 121 cm³/mol. The zero-order chi connectivity index (χ0) is 20.7. The van der Waals surface area contributed by atoms with Gasteiger partial charge >= 0.3 is 0 Å². The Balaban J connectivity index is 1.26. The molecular formula is C21H23ClN4O2S2. The molecule has 5 rings (SSSR count). The number of thiazole rings is 1. The van der Waals surface area contributed by atoms with Crippen LogP contribution >= 0.6 is 22.9 Å². The van der Waals surface area contributed by atoms with Crippen LogP contribution in [0.15, 0.2) is 41.4 Å². The van der Waals surface area contributed by atoms with Gasteiger partial charge in [0.2, 0.25) is 10.0 Å². The highest BCUT2D eigenvalue weighted by molar-refractivity contribution is 7.89. The van der Waals surface area contributed by atoms with Crippen molar-refractivity contribution >= 4 is 49.0 Å². The van der Waals surface area contributed by atoms with Crippen molar-refractivity contribution in [1.82, 2.24) is 14.3 Å². The number of aromatic nitrogens is 2. The molecule has 0 saturated carbocycles. The quantitative estimate of drug-likeness (QED) is 0.570. The van der Waals surface area contributed by atoms with Crippen molar-refractivity contribution < 1.29 is 8.42 Å². The molecule has 30 heavy (non-hydrogen) atoms. The lowest BCUT2D eigenvalue weighted by Gasteiger charge is -2.32. The number of nitrogens with zero attached hydrogens (tertiary/aromatic N) is 4. The van der Waals surface area contributed by atoms with Crippen molar-refractivity contribution in [3.8, 4) is 0 Å². The summed E-state index contributed by atoms with van der Waals surface area (Å²) < 4.78 is 28.1. The molecule has 0 radical (unpaired) electrons. The third-order valence-corrected chi connectivity index (χ3v) is 9.27. The van der Waals surface area contributed by atoms with Crippen LogP contribution in [-0.4, -0.2) is 48.9 Å². The Hall–Kier alpha value is -1.74. The smallest absolute Gasteiger partial charge is 0.244 e. The molecule has 2 aromatic heterocycles. The molecule has 3 aromatic rings. The maximum atomic E-state index is 12.7. The van der Waals surface area contributed by atoms with E-state index in [-0.39, 0.29) is 4.90 Å². The maximum absolute atomic E-state index is 12.7. The lowest BCUT2D eigenvalue weighted by Crippen LogP contribution is -2.33. The fourth-order valence-electron chi connectivity index (χ4n) is 4.24. The van der Waals surface area contributed by atoms with Crippen LogP contribution in [0.5, 0.6) is 0 Å². The first-order valence-corrected chi connectivity index (χ1v) is 12.9. The van der Waals surface area contributed by atoms with Crippen LogP contribution in [0, 0.1) is 0 Å². The Morgan fingerprint density at radius 1 is 1.03 bits per heavy atom. The molecule has 4 heterocycles. The number of rotatable bonds is 4. The van der Waals surface area contributed by atoms with Crippen LogP contribution in [0.4, 0.5) is 5.82 Å². The molecule has 158 valence electrons. The third kappa shape index (κ3) is 3.82. The maximum Gasteiger partial charge on any atom is 0.244 e. The van der Waals surface area contributed by atoms with Gasteiger partial charge in [-0.15, -0.1) is 11.3 Å². The highest BCUT2D eigenvalue weighted by Gasteiger charge is 2.28.